The SMILES string of the molecule is COC1=CC23CCCN2CCc2cc4c(cc2[C@@H]3C1OC(=O)[C@H](O)CC(=O)OCCOCc1ccccc1)OCO4. The number of carbonyl (C=O) groups is 2. The lowest BCUT2D eigenvalue weighted by Crippen LogP contribution is -2.47. The van der Waals surface area contributed by atoms with Crippen molar-refractivity contribution in [2.45, 2.75) is 56.0 Å². The maximum Gasteiger partial charge on any atom is 0.336 e. The number of fused-ring (bicyclic) bond motifs is 3. The zero-order chi connectivity index (χ0) is 28.4. The summed E-state index contributed by atoms with van der Waals surface area (Å²) in [6, 6.07) is 13.7. The third kappa shape index (κ3) is 5.39. The van der Waals surface area contributed by atoms with Crippen LogP contribution in [0.5, 0.6) is 11.5 Å². The number of ether oxygens (including phenoxy) is 6. The molecule has 1 fully saturated rings. The van der Waals surface area contributed by atoms with Crippen LogP contribution in [0.15, 0.2) is 54.3 Å². The van der Waals surface area contributed by atoms with Gasteiger partial charge < -0.3 is 33.5 Å². The van der Waals surface area contributed by atoms with E-state index in [0.717, 1.165) is 49.0 Å². The lowest BCUT2D eigenvalue weighted by atomic mass is 9.77. The molecule has 218 valence electrons. The minimum Gasteiger partial charge on any atom is -0.497 e. The zero-order valence-electron chi connectivity index (χ0n) is 23.1. The normalized spacial score (nSPS) is 24.9. The number of hydrogen-bond acceptors (Lipinski definition) is 10. The average Bonchev–Trinajstić information content (AvgIpc) is 3.67. The van der Waals surface area contributed by atoms with Gasteiger partial charge in [0.2, 0.25) is 6.79 Å². The van der Waals surface area contributed by atoms with Crippen LogP contribution in [0, 0.1) is 0 Å². The van der Waals surface area contributed by atoms with Crippen molar-refractivity contribution in [3.05, 3.63) is 71.0 Å². The van der Waals surface area contributed by atoms with E-state index in [1.807, 2.05) is 42.5 Å². The molecule has 0 aromatic heterocycles. The molecule has 0 radical (unpaired) electrons. The van der Waals surface area contributed by atoms with E-state index in [0.29, 0.717) is 23.9 Å². The molecule has 6 rings (SSSR count). The quantitative estimate of drug-likeness (QED) is 0.341. The molecule has 1 spiro atoms. The van der Waals surface area contributed by atoms with Crippen molar-refractivity contribution in [2.24, 2.45) is 0 Å². The summed E-state index contributed by atoms with van der Waals surface area (Å²) in [7, 11) is 1.56. The first-order valence-electron chi connectivity index (χ1n) is 14.1. The molecule has 41 heavy (non-hydrogen) atoms. The van der Waals surface area contributed by atoms with Crippen LogP contribution >= 0.6 is 0 Å². The highest BCUT2D eigenvalue weighted by molar-refractivity contribution is 5.82. The monoisotopic (exact) mass is 565 g/mol. The van der Waals surface area contributed by atoms with Crippen molar-refractivity contribution >= 4 is 11.9 Å². The van der Waals surface area contributed by atoms with Crippen LogP contribution in [-0.4, -0.2) is 79.9 Å². The van der Waals surface area contributed by atoms with Gasteiger partial charge in [-0.3, -0.25) is 9.69 Å². The predicted molar refractivity (Wildman–Crippen MR) is 145 cm³/mol. The number of esters is 2. The van der Waals surface area contributed by atoms with Crippen LogP contribution < -0.4 is 9.47 Å². The molecular weight excluding hydrogens is 530 g/mol. The van der Waals surface area contributed by atoms with Crippen LogP contribution in [0.2, 0.25) is 0 Å². The molecule has 10 nitrogen and oxygen atoms in total. The molecule has 3 heterocycles. The van der Waals surface area contributed by atoms with Gasteiger partial charge in [0.15, 0.2) is 23.7 Å². The van der Waals surface area contributed by atoms with Gasteiger partial charge in [-0.1, -0.05) is 30.3 Å². The van der Waals surface area contributed by atoms with E-state index < -0.39 is 36.1 Å². The first-order chi connectivity index (χ1) is 20.0. The van der Waals surface area contributed by atoms with Crippen molar-refractivity contribution in [1.82, 2.24) is 4.90 Å². The highest BCUT2D eigenvalue weighted by Gasteiger charge is 2.58. The van der Waals surface area contributed by atoms with Crippen molar-refractivity contribution in [2.75, 3.05) is 40.2 Å². The van der Waals surface area contributed by atoms with Crippen LogP contribution in [0.4, 0.5) is 0 Å². The summed E-state index contributed by atoms with van der Waals surface area (Å²) in [6.45, 7) is 2.55. The van der Waals surface area contributed by atoms with Crippen LogP contribution in [0.3, 0.4) is 0 Å². The molecule has 0 saturated carbocycles. The first-order valence-corrected chi connectivity index (χ1v) is 14.1. The molecule has 2 aromatic carbocycles. The second-order valence-electron chi connectivity index (χ2n) is 10.8. The molecule has 10 heteroatoms. The molecule has 3 aliphatic heterocycles. The number of benzene rings is 2. The summed E-state index contributed by atoms with van der Waals surface area (Å²) in [5, 5.41) is 10.6. The van der Waals surface area contributed by atoms with Gasteiger partial charge in [0, 0.05) is 6.54 Å². The van der Waals surface area contributed by atoms with E-state index in [1.54, 1.807) is 7.11 Å². The van der Waals surface area contributed by atoms with Gasteiger partial charge in [-0.25, -0.2) is 4.79 Å². The molecular formula is C31H35NO9. The molecule has 1 saturated heterocycles. The molecule has 4 atom stereocenters. The average molecular weight is 566 g/mol. The Labute approximate surface area is 238 Å². The predicted octanol–water partition coefficient (Wildman–Crippen LogP) is 2.86. The van der Waals surface area contributed by atoms with Crippen molar-refractivity contribution in [3.63, 3.8) is 0 Å². The van der Waals surface area contributed by atoms with Crippen molar-refractivity contribution in [1.29, 1.82) is 0 Å². The maximum absolute atomic E-state index is 13.1. The van der Waals surface area contributed by atoms with Crippen LogP contribution in [-0.2, 0) is 41.6 Å². The Morgan fingerprint density at radius 2 is 1.93 bits per heavy atom. The van der Waals surface area contributed by atoms with Gasteiger partial charge in [0.1, 0.15) is 12.4 Å². The highest BCUT2D eigenvalue weighted by atomic mass is 16.7. The van der Waals surface area contributed by atoms with E-state index in [1.165, 1.54) is 0 Å². The largest absolute Gasteiger partial charge is 0.497 e. The van der Waals surface area contributed by atoms with Gasteiger partial charge in [0.05, 0.1) is 38.2 Å². The Morgan fingerprint density at radius 3 is 2.73 bits per heavy atom. The molecule has 2 aromatic rings. The number of nitrogens with zero attached hydrogens (tertiary/aromatic N) is 1. The fourth-order valence-electron chi connectivity index (χ4n) is 6.58. The van der Waals surface area contributed by atoms with Crippen LogP contribution in [0.25, 0.3) is 0 Å². The second-order valence-corrected chi connectivity index (χ2v) is 10.8. The number of carbonyl (C=O) groups excluding carboxylic acids is 2. The third-order valence-corrected chi connectivity index (χ3v) is 8.44. The zero-order valence-corrected chi connectivity index (χ0v) is 23.1. The van der Waals surface area contributed by atoms with E-state index in [-0.39, 0.29) is 25.9 Å². The Balaban J connectivity index is 1.11. The molecule has 1 N–H and O–H groups in total. The summed E-state index contributed by atoms with van der Waals surface area (Å²) in [4.78, 5) is 27.9. The smallest absolute Gasteiger partial charge is 0.336 e. The Hall–Kier alpha value is -3.60. The molecule has 1 aliphatic carbocycles. The third-order valence-electron chi connectivity index (χ3n) is 8.44. The van der Waals surface area contributed by atoms with E-state index in [4.69, 9.17) is 28.4 Å². The van der Waals surface area contributed by atoms with Gasteiger partial charge in [-0.2, -0.15) is 0 Å². The Morgan fingerprint density at radius 1 is 1.12 bits per heavy atom. The Bertz CT molecular complexity index is 1310. The lowest BCUT2D eigenvalue weighted by molar-refractivity contribution is -0.165. The molecule has 0 bridgehead atoms. The number of hydrogen-bond donors (Lipinski definition) is 1. The van der Waals surface area contributed by atoms with Crippen molar-refractivity contribution in [3.8, 4) is 11.5 Å². The molecule has 2 unspecified atom stereocenters. The van der Waals surface area contributed by atoms with Gasteiger partial charge >= 0.3 is 11.9 Å². The summed E-state index contributed by atoms with van der Waals surface area (Å²) in [5.41, 5.74) is 2.75. The lowest BCUT2D eigenvalue weighted by Gasteiger charge is -2.39. The van der Waals surface area contributed by atoms with E-state index >= 15 is 0 Å². The van der Waals surface area contributed by atoms with Crippen molar-refractivity contribution < 1.29 is 43.1 Å². The second kappa shape index (κ2) is 11.7. The minimum absolute atomic E-state index is 0.0138. The number of aliphatic hydroxyl groups is 1. The summed E-state index contributed by atoms with van der Waals surface area (Å²) in [5.74, 6) is 0.0338. The summed E-state index contributed by atoms with van der Waals surface area (Å²) in [6.07, 6.45) is 1.82. The van der Waals surface area contributed by atoms with Gasteiger partial charge in [-0.05, 0) is 60.7 Å². The maximum atomic E-state index is 13.1. The number of rotatable bonds is 10. The standard InChI is InChI=1S/C31H35NO9/c1-36-26-17-31-9-5-10-32(31)11-8-21-14-24-25(40-19-39-24)15-22(21)28(31)29(26)41-30(35)23(33)16-27(34)38-13-12-37-18-20-6-3-2-4-7-20/h2-4,6-7,14-15,17,23,28-29,33H,5,8-13,16,18-19H2,1H3/t23-,28-,29?,31?/m1/s1. The molecule has 0 amide bonds. The van der Waals surface area contributed by atoms with Gasteiger partial charge in [-0.15, -0.1) is 0 Å². The topological polar surface area (TPSA) is 113 Å². The number of methoxy groups -OCH3 is 1. The Kier molecular flexibility index (Phi) is 7.88. The minimum atomic E-state index is -1.68. The van der Waals surface area contributed by atoms with Gasteiger partial charge in [0.25, 0.3) is 0 Å². The highest BCUT2D eigenvalue weighted by Crippen LogP contribution is 2.55. The summed E-state index contributed by atoms with van der Waals surface area (Å²) < 4.78 is 33.7. The fraction of sp³-hybridized carbons (Fsp3) is 0.484. The fourth-order valence-corrected chi connectivity index (χ4v) is 6.58. The van der Waals surface area contributed by atoms with Crippen LogP contribution in [0.1, 0.15) is 41.9 Å². The summed E-state index contributed by atoms with van der Waals surface area (Å²) >= 11 is 0. The molecule has 4 aliphatic rings. The van der Waals surface area contributed by atoms with E-state index in [2.05, 4.69) is 11.0 Å². The number of aliphatic hydroxyl groups excluding tert-OH is 1. The first kappa shape index (κ1) is 27.6. The van der Waals surface area contributed by atoms with E-state index in [9.17, 15) is 14.7 Å².